The van der Waals surface area contributed by atoms with Gasteiger partial charge in [-0.05, 0) is 37.8 Å². The van der Waals surface area contributed by atoms with Gasteiger partial charge in [0, 0.05) is 10.5 Å². The molecule has 1 amide bonds. The SMILES string of the molecule is CSc1ccc2c(c1)C(O)=C(C(=O)NCC(=O)O)C(=O)C2(C)C. The Morgan fingerprint density at radius 3 is 2.52 bits per heavy atom. The van der Waals surface area contributed by atoms with Crippen molar-refractivity contribution in [3.05, 3.63) is 34.9 Å². The van der Waals surface area contributed by atoms with E-state index in [1.165, 1.54) is 11.8 Å². The lowest BCUT2D eigenvalue weighted by atomic mass is 9.71. The molecule has 6 nitrogen and oxygen atoms in total. The van der Waals surface area contributed by atoms with Crippen LogP contribution in [-0.4, -0.2) is 40.7 Å². The topological polar surface area (TPSA) is 104 Å². The standard InChI is InChI=1S/C16H17NO5S/c1-16(2)10-5-4-8(23-3)6-9(10)13(20)12(14(16)21)15(22)17-7-11(18)19/h4-6,20H,7H2,1-3H3,(H,17,22)(H,18,19). The monoisotopic (exact) mass is 335 g/mol. The Morgan fingerprint density at radius 1 is 1.30 bits per heavy atom. The molecule has 0 atom stereocenters. The summed E-state index contributed by atoms with van der Waals surface area (Å²) in [7, 11) is 0. The fraction of sp³-hybridized carbons (Fsp3) is 0.312. The van der Waals surface area contributed by atoms with Crippen molar-refractivity contribution < 1.29 is 24.6 Å². The van der Waals surface area contributed by atoms with Crippen LogP contribution in [0.5, 0.6) is 0 Å². The zero-order valence-corrected chi connectivity index (χ0v) is 13.8. The second-order valence-corrected chi connectivity index (χ2v) is 6.55. The molecule has 0 saturated carbocycles. The van der Waals surface area contributed by atoms with Gasteiger partial charge in [-0.1, -0.05) is 6.07 Å². The molecule has 0 radical (unpaired) electrons. The zero-order chi connectivity index (χ0) is 17.4. The quantitative estimate of drug-likeness (QED) is 0.572. The van der Waals surface area contributed by atoms with Crippen LogP contribution in [0.4, 0.5) is 0 Å². The average Bonchev–Trinajstić information content (AvgIpc) is 2.51. The number of aliphatic hydroxyl groups is 1. The van der Waals surface area contributed by atoms with Crippen LogP contribution in [0, 0.1) is 0 Å². The molecule has 1 aliphatic rings. The third-order valence-corrected chi connectivity index (χ3v) is 4.54. The van der Waals surface area contributed by atoms with Gasteiger partial charge in [-0.15, -0.1) is 11.8 Å². The molecule has 0 bridgehead atoms. The second kappa shape index (κ2) is 6.08. The molecule has 3 N–H and O–H groups in total. The molecular weight excluding hydrogens is 318 g/mol. The van der Waals surface area contributed by atoms with E-state index in [4.69, 9.17) is 5.11 Å². The van der Waals surface area contributed by atoms with E-state index in [1.807, 2.05) is 12.3 Å². The highest BCUT2D eigenvalue weighted by atomic mass is 32.2. The average molecular weight is 335 g/mol. The predicted molar refractivity (Wildman–Crippen MR) is 86.5 cm³/mol. The van der Waals surface area contributed by atoms with E-state index in [1.54, 1.807) is 26.0 Å². The molecule has 1 aromatic carbocycles. The maximum absolute atomic E-state index is 12.6. The molecule has 23 heavy (non-hydrogen) atoms. The van der Waals surface area contributed by atoms with Crippen LogP contribution in [0.2, 0.25) is 0 Å². The minimum atomic E-state index is -1.23. The molecule has 2 rings (SSSR count). The highest BCUT2D eigenvalue weighted by molar-refractivity contribution is 7.98. The summed E-state index contributed by atoms with van der Waals surface area (Å²) in [5.41, 5.74) is -0.342. The van der Waals surface area contributed by atoms with Gasteiger partial charge in [0.1, 0.15) is 17.9 Å². The lowest BCUT2D eigenvalue weighted by molar-refractivity contribution is -0.138. The molecule has 1 aliphatic carbocycles. The molecule has 1 aromatic rings. The highest BCUT2D eigenvalue weighted by Gasteiger charge is 2.43. The fourth-order valence-corrected chi connectivity index (χ4v) is 2.96. The summed E-state index contributed by atoms with van der Waals surface area (Å²) in [5.74, 6) is -3.07. The van der Waals surface area contributed by atoms with E-state index in [0.717, 1.165) is 4.90 Å². The minimum absolute atomic E-state index is 0.401. The highest BCUT2D eigenvalue weighted by Crippen LogP contribution is 2.40. The number of hydrogen-bond acceptors (Lipinski definition) is 5. The normalized spacial score (nSPS) is 16.0. The van der Waals surface area contributed by atoms with Crippen molar-refractivity contribution >= 4 is 35.2 Å². The largest absolute Gasteiger partial charge is 0.506 e. The third kappa shape index (κ3) is 2.96. The molecule has 0 aromatic heterocycles. The van der Waals surface area contributed by atoms with Crippen molar-refractivity contribution in [2.24, 2.45) is 0 Å². The number of thioether (sulfide) groups is 1. The predicted octanol–water partition coefficient (Wildman–Crippen LogP) is 1.74. The van der Waals surface area contributed by atoms with Gasteiger partial charge in [-0.3, -0.25) is 14.4 Å². The number of carbonyl (C=O) groups excluding carboxylic acids is 2. The summed E-state index contributed by atoms with van der Waals surface area (Å²) in [5, 5.41) is 21.2. The van der Waals surface area contributed by atoms with E-state index >= 15 is 0 Å². The fourth-order valence-electron chi connectivity index (χ4n) is 2.52. The Morgan fingerprint density at radius 2 is 1.96 bits per heavy atom. The van der Waals surface area contributed by atoms with Crippen LogP contribution in [-0.2, 0) is 19.8 Å². The maximum atomic E-state index is 12.6. The summed E-state index contributed by atoms with van der Waals surface area (Å²) in [4.78, 5) is 36.2. The number of nitrogens with one attached hydrogen (secondary N) is 1. The first-order valence-corrected chi connectivity index (χ1v) is 8.09. The zero-order valence-electron chi connectivity index (χ0n) is 13.0. The van der Waals surface area contributed by atoms with Crippen molar-refractivity contribution in [1.29, 1.82) is 0 Å². The molecule has 0 unspecified atom stereocenters. The van der Waals surface area contributed by atoms with Crippen LogP contribution in [0.25, 0.3) is 5.76 Å². The van der Waals surface area contributed by atoms with Gasteiger partial charge in [-0.25, -0.2) is 0 Å². The first-order valence-electron chi connectivity index (χ1n) is 6.87. The molecule has 0 fully saturated rings. The van der Waals surface area contributed by atoms with Gasteiger partial charge in [-0.2, -0.15) is 0 Å². The Labute approximate surface area is 137 Å². The number of carboxylic acid groups (broad SMARTS) is 1. The van der Waals surface area contributed by atoms with Crippen LogP contribution < -0.4 is 5.32 Å². The number of amides is 1. The third-order valence-electron chi connectivity index (χ3n) is 3.81. The van der Waals surface area contributed by atoms with Crippen LogP contribution in [0.1, 0.15) is 25.0 Å². The number of hydrogen-bond donors (Lipinski definition) is 3. The van der Waals surface area contributed by atoms with Crippen molar-refractivity contribution in [2.75, 3.05) is 12.8 Å². The van der Waals surface area contributed by atoms with Crippen LogP contribution in [0.15, 0.2) is 28.7 Å². The summed E-state index contributed by atoms with van der Waals surface area (Å²) >= 11 is 1.47. The lowest BCUT2D eigenvalue weighted by Gasteiger charge is -2.32. The van der Waals surface area contributed by atoms with E-state index < -0.39 is 41.0 Å². The van der Waals surface area contributed by atoms with E-state index in [2.05, 4.69) is 5.32 Å². The Hall–Kier alpha value is -2.28. The van der Waals surface area contributed by atoms with Crippen LogP contribution in [0.3, 0.4) is 0 Å². The second-order valence-electron chi connectivity index (χ2n) is 5.67. The number of aliphatic carboxylic acids is 1. The van der Waals surface area contributed by atoms with Crippen molar-refractivity contribution in [3.8, 4) is 0 Å². The number of carboxylic acids is 1. The smallest absolute Gasteiger partial charge is 0.322 e. The van der Waals surface area contributed by atoms with Crippen LogP contribution >= 0.6 is 11.8 Å². The summed E-state index contributed by atoms with van der Waals surface area (Å²) in [6, 6.07) is 5.33. The number of aliphatic hydroxyl groups excluding tert-OH is 1. The van der Waals surface area contributed by atoms with Gasteiger partial charge >= 0.3 is 5.97 Å². The van der Waals surface area contributed by atoms with E-state index in [0.29, 0.717) is 11.1 Å². The lowest BCUT2D eigenvalue weighted by Crippen LogP contribution is -2.42. The number of ketones is 1. The van der Waals surface area contributed by atoms with Gasteiger partial charge in [0.2, 0.25) is 0 Å². The summed E-state index contributed by atoms with van der Waals surface area (Å²) in [6.07, 6.45) is 1.88. The molecule has 0 saturated heterocycles. The first kappa shape index (κ1) is 17.1. The number of rotatable bonds is 4. The van der Waals surface area contributed by atoms with Crippen molar-refractivity contribution in [2.45, 2.75) is 24.2 Å². The van der Waals surface area contributed by atoms with Crippen molar-refractivity contribution in [3.63, 3.8) is 0 Å². The molecule has 7 heteroatoms. The van der Waals surface area contributed by atoms with Gasteiger partial charge in [0.25, 0.3) is 5.91 Å². The van der Waals surface area contributed by atoms with E-state index in [9.17, 15) is 19.5 Å². The van der Waals surface area contributed by atoms with E-state index in [-0.39, 0.29) is 0 Å². The number of Topliss-reactive ketones (excluding diaryl/α,β-unsaturated/α-hetero) is 1. The Balaban J connectivity index is 2.58. The summed E-state index contributed by atoms with van der Waals surface area (Å²) < 4.78 is 0. The minimum Gasteiger partial charge on any atom is -0.506 e. The number of carbonyl (C=O) groups is 3. The number of fused-ring (bicyclic) bond motifs is 1. The molecule has 0 heterocycles. The molecule has 0 aliphatic heterocycles. The maximum Gasteiger partial charge on any atom is 0.322 e. The number of benzene rings is 1. The van der Waals surface area contributed by atoms with Gasteiger partial charge < -0.3 is 15.5 Å². The summed E-state index contributed by atoms with van der Waals surface area (Å²) in [6.45, 7) is 2.72. The Bertz CT molecular complexity index is 736. The molecule has 122 valence electrons. The Kier molecular flexibility index (Phi) is 4.51. The van der Waals surface area contributed by atoms with Crippen molar-refractivity contribution in [1.82, 2.24) is 5.32 Å². The van der Waals surface area contributed by atoms with Gasteiger partial charge in [0.15, 0.2) is 5.78 Å². The molecular formula is C16H17NO5S. The molecule has 0 spiro atoms. The van der Waals surface area contributed by atoms with Gasteiger partial charge in [0.05, 0.1) is 5.41 Å². The first-order chi connectivity index (χ1) is 10.7.